The molecule has 0 bridgehead atoms. The highest BCUT2D eigenvalue weighted by Crippen LogP contribution is 2.33. The maximum Gasteiger partial charge on any atom is 0.338 e. The van der Waals surface area contributed by atoms with Crippen LogP contribution in [0.4, 0.5) is 5.69 Å². The van der Waals surface area contributed by atoms with E-state index in [-0.39, 0.29) is 30.0 Å². The fourth-order valence-electron chi connectivity index (χ4n) is 4.87. The van der Waals surface area contributed by atoms with Gasteiger partial charge in [0.2, 0.25) is 0 Å². The molecule has 0 fully saturated rings. The molecule has 45 heavy (non-hydrogen) atoms. The first-order valence-corrected chi connectivity index (χ1v) is 16.2. The molecule has 0 saturated heterocycles. The van der Waals surface area contributed by atoms with Crippen molar-refractivity contribution in [2.24, 2.45) is 4.99 Å². The Kier molecular flexibility index (Phi) is 10.0. The van der Waals surface area contributed by atoms with Gasteiger partial charge >= 0.3 is 5.97 Å². The van der Waals surface area contributed by atoms with Gasteiger partial charge in [-0.3, -0.25) is 19.5 Å². The third-order valence-corrected chi connectivity index (χ3v) is 8.88. The number of benzene rings is 3. The molecular weight excluding hydrogens is 733 g/mol. The first-order chi connectivity index (χ1) is 21.6. The molecular formula is C32H27ClIN3O7S. The van der Waals surface area contributed by atoms with Gasteiger partial charge in [0.05, 0.1) is 43.6 Å². The number of aromatic nitrogens is 1. The number of hydrogen-bond acceptors (Lipinski definition) is 9. The Morgan fingerprint density at radius 3 is 2.47 bits per heavy atom. The van der Waals surface area contributed by atoms with E-state index < -0.39 is 16.9 Å². The van der Waals surface area contributed by atoms with E-state index in [0.717, 1.165) is 5.56 Å². The molecule has 0 spiro atoms. The number of rotatable bonds is 10. The molecule has 0 N–H and O–H groups in total. The number of ether oxygens (including phenoxy) is 3. The maximum atomic E-state index is 14.1. The quantitative estimate of drug-likeness (QED) is 0.0849. The first-order valence-electron chi connectivity index (χ1n) is 13.9. The predicted molar refractivity (Wildman–Crippen MR) is 180 cm³/mol. The number of non-ortho nitro benzene ring substituents is 1. The van der Waals surface area contributed by atoms with Gasteiger partial charge in [0.15, 0.2) is 4.80 Å². The predicted octanol–water partition coefficient (Wildman–Crippen LogP) is 5.94. The molecule has 1 atom stereocenters. The second-order valence-electron chi connectivity index (χ2n) is 9.82. The zero-order chi connectivity index (χ0) is 32.2. The SMILES string of the molecule is CCOC(=O)C1=C(C)N=c2s/c(=C\c3cc(Cl)cc(I)c3OCc3ccc([N+](=O)[O-])cc3)c(=O)n2[C@H]1c1ccc(OCC)cc1. The fourth-order valence-corrected chi connectivity index (χ4v) is 7.12. The van der Waals surface area contributed by atoms with Crippen LogP contribution in [-0.4, -0.2) is 28.7 Å². The minimum atomic E-state index is -0.768. The lowest BCUT2D eigenvalue weighted by Gasteiger charge is -2.24. The van der Waals surface area contributed by atoms with E-state index >= 15 is 0 Å². The lowest BCUT2D eigenvalue weighted by atomic mass is 9.96. The molecule has 0 radical (unpaired) electrons. The summed E-state index contributed by atoms with van der Waals surface area (Å²) in [4.78, 5) is 42.9. The Morgan fingerprint density at radius 1 is 1.11 bits per heavy atom. The van der Waals surface area contributed by atoms with E-state index in [1.807, 2.05) is 19.1 Å². The first kappa shape index (κ1) is 32.4. The zero-order valence-electron chi connectivity index (χ0n) is 24.4. The van der Waals surface area contributed by atoms with Gasteiger partial charge in [0.25, 0.3) is 11.2 Å². The maximum absolute atomic E-state index is 14.1. The standard InChI is InChI=1S/C32H27ClIN3O7S/c1-4-42-24-12-8-20(9-13-24)28-27(31(39)43-5-2)18(3)35-32-36(28)30(38)26(45-32)15-21-14-22(33)16-25(34)29(21)44-17-19-6-10-23(11-7-19)37(40)41/h6-16,28H,4-5,17H2,1-3H3/b26-15-/t28-/m0/s1. The van der Waals surface area contributed by atoms with Crippen LogP contribution in [0.1, 0.15) is 43.5 Å². The van der Waals surface area contributed by atoms with Crippen LogP contribution < -0.4 is 24.4 Å². The number of fused-ring (bicyclic) bond motifs is 1. The highest BCUT2D eigenvalue weighted by Gasteiger charge is 2.33. The van der Waals surface area contributed by atoms with Crippen molar-refractivity contribution in [2.45, 2.75) is 33.4 Å². The van der Waals surface area contributed by atoms with Crippen LogP contribution in [0.2, 0.25) is 5.02 Å². The summed E-state index contributed by atoms with van der Waals surface area (Å²) < 4.78 is 19.7. The van der Waals surface area contributed by atoms with Gasteiger partial charge < -0.3 is 14.2 Å². The van der Waals surface area contributed by atoms with Crippen LogP contribution in [0.15, 0.2) is 81.7 Å². The average molecular weight is 760 g/mol. The monoisotopic (exact) mass is 759 g/mol. The van der Waals surface area contributed by atoms with E-state index in [0.29, 0.717) is 52.9 Å². The van der Waals surface area contributed by atoms with Crippen molar-refractivity contribution >= 4 is 63.3 Å². The molecule has 232 valence electrons. The molecule has 0 aliphatic carbocycles. The number of nitrogens with zero attached hydrogens (tertiary/aromatic N) is 3. The lowest BCUT2D eigenvalue weighted by molar-refractivity contribution is -0.384. The Balaban J connectivity index is 1.60. The number of hydrogen-bond donors (Lipinski definition) is 0. The molecule has 1 aliphatic rings. The summed E-state index contributed by atoms with van der Waals surface area (Å²) in [5.74, 6) is 0.623. The summed E-state index contributed by atoms with van der Waals surface area (Å²) in [7, 11) is 0. The van der Waals surface area contributed by atoms with Crippen molar-refractivity contribution in [2.75, 3.05) is 13.2 Å². The van der Waals surface area contributed by atoms with Gasteiger partial charge in [-0.1, -0.05) is 35.1 Å². The largest absolute Gasteiger partial charge is 0.494 e. The van der Waals surface area contributed by atoms with Gasteiger partial charge in [-0.2, -0.15) is 0 Å². The van der Waals surface area contributed by atoms with Gasteiger partial charge in [0, 0.05) is 22.7 Å². The molecule has 13 heteroatoms. The Labute approximate surface area is 280 Å². The summed E-state index contributed by atoms with van der Waals surface area (Å²) in [5, 5.41) is 11.5. The normalized spacial score (nSPS) is 14.5. The van der Waals surface area contributed by atoms with Crippen LogP contribution in [-0.2, 0) is 16.1 Å². The summed E-state index contributed by atoms with van der Waals surface area (Å²) in [6, 6.07) is 16.0. The number of thiazole rings is 1. The Morgan fingerprint density at radius 2 is 1.82 bits per heavy atom. The Hall–Kier alpha value is -4.01. The smallest absolute Gasteiger partial charge is 0.338 e. The topological polar surface area (TPSA) is 122 Å². The summed E-state index contributed by atoms with van der Waals surface area (Å²) >= 11 is 9.72. The van der Waals surface area contributed by atoms with Gasteiger partial charge in [-0.25, -0.2) is 9.79 Å². The lowest BCUT2D eigenvalue weighted by Crippen LogP contribution is -2.39. The molecule has 1 aliphatic heterocycles. The highest BCUT2D eigenvalue weighted by atomic mass is 127. The molecule has 2 heterocycles. The minimum Gasteiger partial charge on any atom is -0.494 e. The number of nitro benzene ring substituents is 1. The van der Waals surface area contributed by atoms with Crippen molar-refractivity contribution in [3.63, 3.8) is 0 Å². The molecule has 4 aromatic rings. The molecule has 0 saturated carbocycles. The van der Waals surface area contributed by atoms with Crippen LogP contribution in [0.25, 0.3) is 6.08 Å². The van der Waals surface area contributed by atoms with Crippen LogP contribution in [0.5, 0.6) is 11.5 Å². The number of esters is 1. The molecule has 5 rings (SSSR count). The molecule has 0 amide bonds. The van der Waals surface area contributed by atoms with E-state index in [9.17, 15) is 19.7 Å². The van der Waals surface area contributed by atoms with E-state index in [2.05, 4.69) is 27.6 Å². The average Bonchev–Trinajstić information content (AvgIpc) is 3.30. The van der Waals surface area contributed by atoms with Gasteiger partial charge in [-0.15, -0.1) is 0 Å². The van der Waals surface area contributed by atoms with Crippen LogP contribution in [0.3, 0.4) is 0 Å². The second kappa shape index (κ2) is 14.0. The fraction of sp³-hybridized carbons (Fsp3) is 0.219. The van der Waals surface area contributed by atoms with Crippen molar-refractivity contribution in [1.82, 2.24) is 4.57 Å². The van der Waals surface area contributed by atoms with Crippen LogP contribution in [0, 0.1) is 13.7 Å². The third-order valence-electron chi connectivity index (χ3n) is 6.88. The minimum absolute atomic E-state index is 0.0132. The van der Waals surface area contributed by atoms with E-state index in [4.69, 9.17) is 25.8 Å². The van der Waals surface area contributed by atoms with Gasteiger partial charge in [-0.05, 0) is 97.0 Å². The van der Waals surface area contributed by atoms with Crippen molar-refractivity contribution < 1.29 is 23.9 Å². The van der Waals surface area contributed by atoms with E-state index in [1.165, 1.54) is 28.0 Å². The zero-order valence-corrected chi connectivity index (χ0v) is 28.1. The summed E-state index contributed by atoms with van der Waals surface area (Å²) in [6.07, 6.45) is 1.70. The number of carbonyl (C=O) groups is 1. The molecule has 3 aromatic carbocycles. The molecule has 10 nitrogen and oxygen atoms in total. The van der Waals surface area contributed by atoms with Gasteiger partial charge in [0.1, 0.15) is 18.1 Å². The van der Waals surface area contributed by atoms with Crippen LogP contribution >= 0.6 is 45.5 Å². The molecule has 0 unspecified atom stereocenters. The highest BCUT2D eigenvalue weighted by molar-refractivity contribution is 14.1. The number of allylic oxidation sites excluding steroid dienone is 1. The Bertz CT molecular complexity index is 1990. The third kappa shape index (κ3) is 6.97. The van der Waals surface area contributed by atoms with E-state index in [1.54, 1.807) is 56.3 Å². The van der Waals surface area contributed by atoms with Crippen molar-refractivity contribution in [3.05, 3.63) is 127 Å². The summed E-state index contributed by atoms with van der Waals surface area (Å²) in [5.41, 5.74) is 2.39. The number of halogens is 2. The van der Waals surface area contributed by atoms with Crippen molar-refractivity contribution in [1.29, 1.82) is 0 Å². The number of nitro groups is 1. The number of carbonyl (C=O) groups excluding carboxylic acids is 1. The second-order valence-corrected chi connectivity index (χ2v) is 12.4. The summed E-state index contributed by atoms with van der Waals surface area (Å²) in [6.45, 7) is 6.16. The van der Waals surface area contributed by atoms with Crippen molar-refractivity contribution in [3.8, 4) is 11.5 Å². The molecule has 1 aromatic heterocycles.